The summed E-state index contributed by atoms with van der Waals surface area (Å²) in [5.41, 5.74) is 4.70. The normalized spacial score (nSPS) is 10.1. The zero-order valence-corrected chi connectivity index (χ0v) is 11.8. The van der Waals surface area contributed by atoms with Crippen molar-refractivity contribution in [1.29, 1.82) is 0 Å². The summed E-state index contributed by atoms with van der Waals surface area (Å²) in [5, 5.41) is 6.69. The van der Waals surface area contributed by atoms with E-state index in [1.807, 2.05) is 24.3 Å². The molecule has 0 amide bonds. The Hall–Kier alpha value is -2.74. The molecule has 2 heteroatoms. The lowest BCUT2D eigenvalue weighted by Crippen LogP contribution is -2.11. The fraction of sp³-hybridized carbons (Fsp3) is 0.0526. The second kappa shape index (κ2) is 6.62. The first-order chi connectivity index (χ1) is 10.4. The van der Waals surface area contributed by atoms with Crippen molar-refractivity contribution in [2.24, 2.45) is 0 Å². The van der Waals surface area contributed by atoms with Crippen LogP contribution in [0, 0.1) is 0 Å². The Morgan fingerprint density at radius 1 is 0.476 bits per heavy atom. The molecule has 0 radical (unpaired) electrons. The van der Waals surface area contributed by atoms with Crippen molar-refractivity contribution >= 4 is 11.4 Å². The smallest absolute Gasteiger partial charge is 0.0849 e. The highest BCUT2D eigenvalue weighted by Gasteiger charge is 1.97. The molecule has 0 aliphatic rings. The maximum absolute atomic E-state index is 3.36. The van der Waals surface area contributed by atoms with Crippen molar-refractivity contribution in [2.75, 3.05) is 17.3 Å². The Kier molecular flexibility index (Phi) is 4.18. The van der Waals surface area contributed by atoms with Crippen molar-refractivity contribution < 1.29 is 0 Å². The van der Waals surface area contributed by atoms with Crippen molar-refractivity contribution in [3.05, 3.63) is 84.9 Å². The van der Waals surface area contributed by atoms with Gasteiger partial charge in [0.2, 0.25) is 0 Å². The van der Waals surface area contributed by atoms with E-state index in [2.05, 4.69) is 71.3 Å². The van der Waals surface area contributed by atoms with Gasteiger partial charge in [-0.05, 0) is 35.4 Å². The zero-order chi connectivity index (χ0) is 14.3. The molecule has 2 nitrogen and oxygen atoms in total. The fourth-order valence-electron chi connectivity index (χ4n) is 2.22. The van der Waals surface area contributed by atoms with Crippen molar-refractivity contribution in [3.63, 3.8) is 0 Å². The van der Waals surface area contributed by atoms with Crippen LogP contribution in [0.3, 0.4) is 0 Å². The van der Waals surface area contributed by atoms with E-state index in [4.69, 9.17) is 0 Å². The Morgan fingerprint density at radius 2 is 0.952 bits per heavy atom. The van der Waals surface area contributed by atoms with Gasteiger partial charge >= 0.3 is 0 Å². The summed E-state index contributed by atoms with van der Waals surface area (Å²) in [6.45, 7) is 0.703. The lowest BCUT2D eigenvalue weighted by molar-refractivity contribution is 1.22. The number of nitrogens with one attached hydrogen (secondary N) is 2. The molecule has 0 saturated carbocycles. The Morgan fingerprint density at radius 3 is 1.57 bits per heavy atom. The topological polar surface area (TPSA) is 24.1 Å². The van der Waals surface area contributed by atoms with Crippen molar-refractivity contribution in [2.45, 2.75) is 0 Å². The van der Waals surface area contributed by atoms with E-state index in [1.54, 1.807) is 0 Å². The second-order valence-corrected chi connectivity index (χ2v) is 4.84. The van der Waals surface area contributed by atoms with Crippen molar-refractivity contribution in [1.82, 2.24) is 0 Å². The van der Waals surface area contributed by atoms with E-state index in [1.165, 1.54) is 11.1 Å². The third kappa shape index (κ3) is 3.63. The zero-order valence-electron chi connectivity index (χ0n) is 11.8. The first-order valence-electron chi connectivity index (χ1n) is 7.10. The Bertz CT molecular complexity index is 661. The van der Waals surface area contributed by atoms with Crippen LogP contribution in [0.15, 0.2) is 84.9 Å². The first kappa shape index (κ1) is 13.3. The van der Waals surface area contributed by atoms with E-state index < -0.39 is 0 Å². The highest BCUT2D eigenvalue weighted by Crippen LogP contribution is 2.20. The Labute approximate surface area is 125 Å². The molecular formula is C19H18N2. The first-order valence-corrected chi connectivity index (χ1v) is 7.10. The van der Waals surface area contributed by atoms with E-state index >= 15 is 0 Å². The molecule has 21 heavy (non-hydrogen) atoms. The summed E-state index contributed by atoms with van der Waals surface area (Å²) in [6, 6.07) is 29.1. The van der Waals surface area contributed by atoms with Crippen LogP contribution >= 0.6 is 0 Å². The van der Waals surface area contributed by atoms with Gasteiger partial charge < -0.3 is 10.6 Å². The van der Waals surface area contributed by atoms with Gasteiger partial charge in [-0.1, -0.05) is 60.7 Å². The number of hydrogen-bond donors (Lipinski definition) is 2. The van der Waals surface area contributed by atoms with Crippen LogP contribution in [0.25, 0.3) is 11.1 Å². The summed E-state index contributed by atoms with van der Waals surface area (Å²) >= 11 is 0. The van der Waals surface area contributed by atoms with Crippen LogP contribution in [0.2, 0.25) is 0 Å². The molecule has 0 bridgehead atoms. The predicted octanol–water partition coefficient (Wildman–Crippen LogP) is 4.84. The summed E-state index contributed by atoms with van der Waals surface area (Å²) in [4.78, 5) is 0. The minimum Gasteiger partial charge on any atom is -0.368 e. The molecule has 3 aromatic rings. The van der Waals surface area contributed by atoms with Crippen LogP contribution in [0.1, 0.15) is 0 Å². The molecule has 104 valence electrons. The summed E-state index contributed by atoms with van der Waals surface area (Å²) in [5.74, 6) is 0. The molecule has 3 aromatic carbocycles. The van der Waals surface area contributed by atoms with Gasteiger partial charge in [-0.2, -0.15) is 0 Å². The van der Waals surface area contributed by atoms with Gasteiger partial charge in [0.15, 0.2) is 0 Å². The predicted molar refractivity (Wildman–Crippen MR) is 90.4 cm³/mol. The Balaban J connectivity index is 1.58. The van der Waals surface area contributed by atoms with E-state index in [0.29, 0.717) is 6.67 Å². The summed E-state index contributed by atoms with van der Waals surface area (Å²) in [7, 11) is 0. The summed E-state index contributed by atoms with van der Waals surface area (Å²) in [6.07, 6.45) is 0. The molecule has 0 unspecified atom stereocenters. The molecule has 0 aromatic heterocycles. The van der Waals surface area contributed by atoms with Crippen molar-refractivity contribution in [3.8, 4) is 11.1 Å². The largest absolute Gasteiger partial charge is 0.368 e. The molecule has 0 fully saturated rings. The van der Waals surface area contributed by atoms with Crippen LogP contribution < -0.4 is 10.6 Å². The van der Waals surface area contributed by atoms with Gasteiger partial charge in [-0.25, -0.2) is 0 Å². The highest BCUT2D eigenvalue weighted by atomic mass is 15.1. The average Bonchev–Trinajstić information content (AvgIpc) is 2.57. The van der Waals surface area contributed by atoms with E-state index in [0.717, 1.165) is 11.4 Å². The number of hydrogen-bond acceptors (Lipinski definition) is 2. The number of benzene rings is 3. The summed E-state index contributed by atoms with van der Waals surface area (Å²) < 4.78 is 0. The van der Waals surface area contributed by atoms with Gasteiger partial charge in [0.05, 0.1) is 6.67 Å². The molecule has 0 spiro atoms. The molecule has 0 atom stereocenters. The van der Waals surface area contributed by atoms with Gasteiger partial charge in [0.1, 0.15) is 0 Å². The van der Waals surface area contributed by atoms with Gasteiger partial charge in [-0.3, -0.25) is 0 Å². The van der Waals surface area contributed by atoms with Crippen LogP contribution in [-0.2, 0) is 0 Å². The third-order valence-electron chi connectivity index (χ3n) is 3.35. The lowest BCUT2D eigenvalue weighted by atomic mass is 10.1. The van der Waals surface area contributed by atoms with Crippen LogP contribution in [-0.4, -0.2) is 6.67 Å². The second-order valence-electron chi connectivity index (χ2n) is 4.84. The SMILES string of the molecule is c1ccc(NCNc2ccc(-c3ccccc3)cc2)cc1. The third-order valence-corrected chi connectivity index (χ3v) is 3.35. The van der Waals surface area contributed by atoms with E-state index in [-0.39, 0.29) is 0 Å². The minimum atomic E-state index is 0.703. The molecule has 2 N–H and O–H groups in total. The molecule has 3 rings (SSSR count). The quantitative estimate of drug-likeness (QED) is 0.651. The molecule has 0 saturated heterocycles. The number of rotatable bonds is 5. The number of anilines is 2. The average molecular weight is 274 g/mol. The molecule has 0 aliphatic carbocycles. The van der Waals surface area contributed by atoms with Crippen LogP contribution in [0.4, 0.5) is 11.4 Å². The highest BCUT2D eigenvalue weighted by molar-refractivity contribution is 5.65. The monoisotopic (exact) mass is 274 g/mol. The fourth-order valence-corrected chi connectivity index (χ4v) is 2.22. The van der Waals surface area contributed by atoms with Gasteiger partial charge in [0.25, 0.3) is 0 Å². The molecule has 0 aliphatic heterocycles. The lowest BCUT2D eigenvalue weighted by Gasteiger charge is -2.10. The molecule has 0 heterocycles. The standard InChI is InChI=1S/C19H18N2/c1-3-7-16(8-4-1)17-11-13-19(14-12-17)21-15-20-18-9-5-2-6-10-18/h1-14,20-21H,15H2. The van der Waals surface area contributed by atoms with Gasteiger partial charge in [-0.15, -0.1) is 0 Å². The maximum atomic E-state index is 3.36. The molecular weight excluding hydrogens is 256 g/mol. The van der Waals surface area contributed by atoms with Crippen LogP contribution in [0.5, 0.6) is 0 Å². The maximum Gasteiger partial charge on any atom is 0.0849 e. The number of para-hydroxylation sites is 1. The van der Waals surface area contributed by atoms with E-state index in [9.17, 15) is 0 Å². The van der Waals surface area contributed by atoms with Gasteiger partial charge in [0, 0.05) is 11.4 Å². The minimum absolute atomic E-state index is 0.703.